The zero-order valence-corrected chi connectivity index (χ0v) is 34.2. The quantitative estimate of drug-likeness (QED) is 0.0964. The number of hydrogen-bond donors (Lipinski definition) is 3. The van der Waals surface area contributed by atoms with Crippen molar-refractivity contribution in [2.24, 2.45) is 0 Å². The smallest absolute Gasteiger partial charge is 0.314 e. The van der Waals surface area contributed by atoms with Crippen LogP contribution in [0.25, 0.3) is 0 Å². The molecule has 0 bridgehead atoms. The number of carbonyl (C=O) groups excluding carboxylic acids is 3. The van der Waals surface area contributed by atoms with Crippen molar-refractivity contribution >= 4 is 35.1 Å². The molecule has 0 saturated heterocycles. The number of ether oxygens (including phenoxy) is 4. The number of pyridine rings is 2. The minimum atomic E-state index is -0.720. The van der Waals surface area contributed by atoms with Crippen LogP contribution in [0.1, 0.15) is 68.7 Å². The fraction of sp³-hybridized carbons (Fsp3) is 0.208. The maximum Gasteiger partial charge on any atom is 0.314 e. The Hall–Kier alpha value is -7.54. The number of anilines is 2. The second-order valence-corrected chi connectivity index (χ2v) is 14.3. The van der Waals surface area contributed by atoms with E-state index in [-0.39, 0.29) is 17.5 Å². The molecule has 0 radical (unpaired) electrons. The highest BCUT2D eigenvalue weighted by atomic mass is 16.5. The van der Waals surface area contributed by atoms with E-state index in [1.54, 1.807) is 87.0 Å². The van der Waals surface area contributed by atoms with Crippen molar-refractivity contribution in [1.82, 2.24) is 9.97 Å². The van der Waals surface area contributed by atoms with Crippen molar-refractivity contribution < 1.29 is 43.2 Å². The van der Waals surface area contributed by atoms with Crippen LogP contribution in [-0.2, 0) is 20.4 Å². The monoisotopic (exact) mass is 822 g/mol. The third-order valence-corrected chi connectivity index (χ3v) is 10.6. The SMILES string of the molecule is COc1ccc(C2(C(=O)Nc3ccc(C(=O)c4ccccc4OC)cn3)CC2)cc1.COc1ccc(C2(C(=O)O)CC2)cc1.COc1ccccc1C(=O)c1ccc(N)nc1. The molecule has 0 atom stereocenters. The van der Waals surface area contributed by atoms with E-state index >= 15 is 0 Å². The van der Waals surface area contributed by atoms with Crippen molar-refractivity contribution in [3.05, 3.63) is 167 Å². The summed E-state index contributed by atoms with van der Waals surface area (Å²) in [5.41, 5.74) is 8.08. The Morgan fingerprint density at radius 3 is 1.38 bits per heavy atom. The number of aliphatic carboxylic acids is 1. The van der Waals surface area contributed by atoms with E-state index in [0.29, 0.717) is 45.4 Å². The Balaban J connectivity index is 0.000000169. The van der Waals surface area contributed by atoms with Gasteiger partial charge in [0, 0.05) is 23.5 Å². The van der Waals surface area contributed by atoms with Crippen molar-refractivity contribution in [2.75, 3.05) is 39.5 Å². The minimum Gasteiger partial charge on any atom is -0.497 e. The number of methoxy groups -OCH3 is 4. The number of amides is 1. The summed E-state index contributed by atoms with van der Waals surface area (Å²) in [5.74, 6) is 2.25. The Bertz CT molecular complexity index is 2480. The van der Waals surface area contributed by atoms with Crippen molar-refractivity contribution in [1.29, 1.82) is 0 Å². The molecule has 6 aromatic rings. The number of aromatic nitrogens is 2. The zero-order chi connectivity index (χ0) is 43.6. The summed E-state index contributed by atoms with van der Waals surface area (Å²) >= 11 is 0. The number of nitrogen functional groups attached to an aromatic ring is 1. The molecular weight excluding hydrogens is 777 g/mol. The third-order valence-electron chi connectivity index (χ3n) is 10.6. The lowest BCUT2D eigenvalue weighted by Gasteiger charge is -2.16. The van der Waals surface area contributed by atoms with Gasteiger partial charge in [-0.1, -0.05) is 48.5 Å². The van der Waals surface area contributed by atoms with Crippen LogP contribution in [0.4, 0.5) is 11.6 Å². The van der Waals surface area contributed by atoms with Gasteiger partial charge in [0.15, 0.2) is 11.6 Å². The molecule has 0 unspecified atom stereocenters. The fourth-order valence-corrected chi connectivity index (χ4v) is 6.70. The number of nitrogens with two attached hydrogens (primary N) is 1. The summed E-state index contributed by atoms with van der Waals surface area (Å²) in [5, 5.41) is 11.9. The number of para-hydroxylation sites is 2. The number of hydrogen-bond acceptors (Lipinski definition) is 11. The van der Waals surface area contributed by atoms with Crippen LogP contribution >= 0.6 is 0 Å². The first-order valence-corrected chi connectivity index (χ1v) is 19.4. The highest BCUT2D eigenvalue weighted by Gasteiger charge is 2.52. The highest BCUT2D eigenvalue weighted by Crippen LogP contribution is 2.50. The second kappa shape index (κ2) is 19.0. The molecule has 8 rings (SSSR count). The van der Waals surface area contributed by atoms with Gasteiger partial charge < -0.3 is 35.1 Å². The number of carbonyl (C=O) groups is 4. The minimum absolute atomic E-state index is 0.0935. The van der Waals surface area contributed by atoms with Crippen molar-refractivity contribution in [2.45, 2.75) is 36.5 Å². The summed E-state index contributed by atoms with van der Waals surface area (Å²) in [4.78, 5) is 57.0. The molecule has 4 aromatic carbocycles. The topological polar surface area (TPSA) is 189 Å². The average molecular weight is 823 g/mol. The molecule has 13 heteroatoms. The van der Waals surface area contributed by atoms with E-state index in [2.05, 4.69) is 15.3 Å². The molecule has 0 aliphatic heterocycles. The maximum atomic E-state index is 12.9. The van der Waals surface area contributed by atoms with Crippen LogP contribution in [0, 0.1) is 0 Å². The number of carboxylic acids is 1. The predicted octanol–water partition coefficient (Wildman–Crippen LogP) is 7.71. The lowest BCUT2D eigenvalue weighted by molar-refractivity contribution is -0.140. The lowest BCUT2D eigenvalue weighted by Crippen LogP contribution is -2.28. The Labute approximate surface area is 353 Å². The summed E-state index contributed by atoms with van der Waals surface area (Å²) in [6.07, 6.45) is 6.00. The van der Waals surface area contributed by atoms with Crippen molar-refractivity contribution in [3.63, 3.8) is 0 Å². The highest BCUT2D eigenvalue weighted by molar-refractivity contribution is 6.11. The van der Waals surface area contributed by atoms with Gasteiger partial charge in [-0.3, -0.25) is 19.2 Å². The number of carboxylic acid groups (broad SMARTS) is 1. The van der Waals surface area contributed by atoms with Crippen LogP contribution in [-0.4, -0.2) is 67.0 Å². The molecule has 13 nitrogen and oxygen atoms in total. The molecule has 61 heavy (non-hydrogen) atoms. The molecule has 2 aliphatic rings. The van der Waals surface area contributed by atoms with Gasteiger partial charge in [-0.25, -0.2) is 9.97 Å². The largest absolute Gasteiger partial charge is 0.497 e. The molecule has 4 N–H and O–H groups in total. The summed E-state index contributed by atoms with van der Waals surface area (Å²) in [6.45, 7) is 0. The van der Waals surface area contributed by atoms with Crippen LogP contribution in [0.5, 0.6) is 23.0 Å². The number of nitrogens with one attached hydrogen (secondary N) is 1. The molecule has 2 saturated carbocycles. The first kappa shape index (κ1) is 43.0. The van der Waals surface area contributed by atoms with Gasteiger partial charge in [-0.15, -0.1) is 0 Å². The molecule has 2 aromatic heterocycles. The van der Waals surface area contributed by atoms with Gasteiger partial charge in [-0.2, -0.15) is 0 Å². The number of rotatable bonds is 13. The third kappa shape index (κ3) is 9.85. The fourth-order valence-electron chi connectivity index (χ4n) is 6.70. The van der Waals surface area contributed by atoms with Gasteiger partial charge in [0.2, 0.25) is 5.91 Å². The molecule has 2 heterocycles. The normalized spacial score (nSPS) is 13.6. The van der Waals surface area contributed by atoms with Crippen LogP contribution < -0.4 is 30.0 Å². The first-order chi connectivity index (χ1) is 29.5. The number of ketones is 2. The molecule has 1 amide bonds. The van der Waals surface area contributed by atoms with Gasteiger partial charge in [-0.05, 0) is 110 Å². The van der Waals surface area contributed by atoms with Crippen LogP contribution in [0.3, 0.4) is 0 Å². The van der Waals surface area contributed by atoms with E-state index < -0.39 is 16.8 Å². The number of benzene rings is 4. The van der Waals surface area contributed by atoms with E-state index in [9.17, 15) is 19.2 Å². The molecule has 2 aliphatic carbocycles. The molecule has 2 fully saturated rings. The summed E-state index contributed by atoms with van der Waals surface area (Å²) in [7, 11) is 6.27. The van der Waals surface area contributed by atoms with Crippen LogP contribution in [0.15, 0.2) is 134 Å². The van der Waals surface area contributed by atoms with Gasteiger partial charge in [0.05, 0.1) is 50.4 Å². The molecule has 312 valence electrons. The summed E-state index contributed by atoms with van der Waals surface area (Å²) in [6, 6.07) is 35.5. The molecular formula is C48H46N4O9. The van der Waals surface area contributed by atoms with Crippen LogP contribution in [0.2, 0.25) is 0 Å². The number of nitrogens with zero attached hydrogens (tertiary/aromatic N) is 2. The van der Waals surface area contributed by atoms with Crippen molar-refractivity contribution in [3.8, 4) is 23.0 Å². The van der Waals surface area contributed by atoms with E-state index in [4.69, 9.17) is 29.8 Å². The van der Waals surface area contributed by atoms with Gasteiger partial charge >= 0.3 is 5.97 Å². The predicted molar refractivity (Wildman–Crippen MR) is 230 cm³/mol. The average Bonchev–Trinajstić information content (AvgIpc) is 4.26. The Kier molecular flexibility index (Phi) is 13.4. The second-order valence-electron chi connectivity index (χ2n) is 14.3. The summed E-state index contributed by atoms with van der Waals surface area (Å²) < 4.78 is 20.6. The standard InChI is InChI=1S/C24H22N2O4.C13H12N2O2.C11H12O3/c1-29-18-10-8-17(9-11-18)24(13-14-24)23(28)26-21-12-7-16(15-25-21)22(27)19-5-3-4-6-20(19)30-2;1-17-11-5-3-2-4-10(11)13(16)9-6-7-12(14)15-8-9;1-14-9-4-2-8(3-5-9)11(6-7-11)10(12)13/h3-12,15H,13-14H2,1-2H3,(H,25,26,28);2-8H,1H3,(H2,14,15);2-5H,6-7H2,1H3,(H,12,13). The lowest BCUT2D eigenvalue weighted by atomic mass is 9.95. The first-order valence-electron chi connectivity index (χ1n) is 19.4. The zero-order valence-electron chi connectivity index (χ0n) is 34.2. The maximum absolute atomic E-state index is 12.9. The van der Waals surface area contributed by atoms with E-state index in [1.807, 2.05) is 48.5 Å². The van der Waals surface area contributed by atoms with Gasteiger partial charge in [0.1, 0.15) is 34.6 Å². The van der Waals surface area contributed by atoms with E-state index in [1.165, 1.54) is 26.6 Å². The Morgan fingerprint density at radius 1 is 0.557 bits per heavy atom. The molecule has 0 spiro atoms. The van der Waals surface area contributed by atoms with E-state index in [0.717, 1.165) is 48.3 Å². The van der Waals surface area contributed by atoms with Gasteiger partial charge in [0.25, 0.3) is 0 Å². The Morgan fingerprint density at radius 2 is 1.00 bits per heavy atom.